The summed E-state index contributed by atoms with van der Waals surface area (Å²) in [6.07, 6.45) is 0. The molecule has 3 aromatic rings. The lowest BCUT2D eigenvalue weighted by molar-refractivity contribution is 0.0742. The fraction of sp³-hybridized carbons (Fsp3) is 0.222. The number of benzene rings is 2. The van der Waals surface area contributed by atoms with Gasteiger partial charge in [-0.05, 0) is 37.3 Å². The summed E-state index contributed by atoms with van der Waals surface area (Å²) in [6.45, 7) is 2.19. The first kappa shape index (κ1) is 15.0. The Morgan fingerprint density at radius 3 is 2.83 bits per heavy atom. The molecule has 0 saturated heterocycles. The smallest absolute Gasteiger partial charge is 0.254 e. The Morgan fingerprint density at radius 1 is 1.21 bits per heavy atom. The zero-order chi connectivity index (χ0) is 16.7. The summed E-state index contributed by atoms with van der Waals surface area (Å²) in [5, 5.41) is 0.924. The zero-order valence-electron chi connectivity index (χ0n) is 13.4. The minimum atomic E-state index is -0.111. The number of hydrogen-bond acceptors (Lipinski definition) is 5. The maximum absolute atomic E-state index is 12.8. The number of fused-ring (bicyclic) bond motifs is 2. The fourth-order valence-corrected chi connectivity index (χ4v) is 3.71. The van der Waals surface area contributed by atoms with E-state index in [0.717, 1.165) is 15.2 Å². The van der Waals surface area contributed by atoms with E-state index in [0.29, 0.717) is 17.1 Å². The van der Waals surface area contributed by atoms with E-state index in [9.17, 15) is 4.79 Å². The summed E-state index contributed by atoms with van der Waals surface area (Å²) in [5.74, 6) is 1.22. The van der Waals surface area contributed by atoms with Crippen molar-refractivity contribution in [3.05, 3.63) is 53.0 Å². The van der Waals surface area contributed by atoms with Gasteiger partial charge in [-0.1, -0.05) is 12.1 Å². The molecule has 1 aliphatic heterocycles. The number of aromatic nitrogens is 1. The monoisotopic (exact) mass is 340 g/mol. The second kappa shape index (κ2) is 5.79. The molecule has 2 aromatic carbocycles. The van der Waals surface area contributed by atoms with Crippen LogP contribution in [0.1, 0.15) is 28.3 Å². The topological polar surface area (TPSA) is 51.7 Å². The molecule has 6 heteroatoms. The lowest BCUT2D eigenvalue weighted by Crippen LogP contribution is -2.29. The van der Waals surface area contributed by atoms with Gasteiger partial charge in [0.25, 0.3) is 5.91 Å². The van der Waals surface area contributed by atoms with Crippen LogP contribution < -0.4 is 9.47 Å². The second-order valence-corrected chi connectivity index (χ2v) is 6.74. The molecule has 5 nitrogen and oxygen atoms in total. The van der Waals surface area contributed by atoms with Crippen molar-refractivity contribution in [3.8, 4) is 11.5 Å². The van der Waals surface area contributed by atoms with Gasteiger partial charge in [0, 0.05) is 12.6 Å². The van der Waals surface area contributed by atoms with Crippen LogP contribution in [0.5, 0.6) is 11.5 Å². The van der Waals surface area contributed by atoms with Crippen LogP contribution in [-0.4, -0.2) is 29.6 Å². The van der Waals surface area contributed by atoms with Crippen molar-refractivity contribution in [2.45, 2.75) is 13.0 Å². The summed E-state index contributed by atoms with van der Waals surface area (Å²) in [5.41, 5.74) is 1.54. The quantitative estimate of drug-likeness (QED) is 0.726. The minimum Gasteiger partial charge on any atom is -0.454 e. The average molecular weight is 340 g/mol. The molecule has 0 spiro atoms. The highest BCUT2D eigenvalue weighted by Gasteiger charge is 2.23. The maximum Gasteiger partial charge on any atom is 0.254 e. The lowest BCUT2D eigenvalue weighted by atomic mass is 10.1. The molecule has 0 saturated carbocycles. The van der Waals surface area contributed by atoms with Gasteiger partial charge in [-0.25, -0.2) is 4.98 Å². The second-order valence-electron chi connectivity index (χ2n) is 5.68. The van der Waals surface area contributed by atoms with E-state index < -0.39 is 0 Å². The average Bonchev–Trinajstić information content (AvgIpc) is 3.25. The van der Waals surface area contributed by atoms with Crippen LogP contribution in [0.3, 0.4) is 0 Å². The molecule has 2 heterocycles. The highest BCUT2D eigenvalue weighted by Crippen LogP contribution is 2.34. The standard InChI is InChI=1S/C18H16N2O3S/c1-11(17-19-13-5-3-4-6-16(13)24-17)20(2)18(21)12-7-8-14-15(9-12)23-10-22-14/h3-9,11H,10H2,1-2H3/t11-/m0/s1. The van der Waals surface area contributed by atoms with Gasteiger partial charge in [-0.15, -0.1) is 11.3 Å². The van der Waals surface area contributed by atoms with Crippen molar-refractivity contribution < 1.29 is 14.3 Å². The molecule has 4 rings (SSSR count). The number of carbonyl (C=O) groups excluding carboxylic acids is 1. The molecule has 0 unspecified atom stereocenters. The largest absolute Gasteiger partial charge is 0.454 e. The third kappa shape index (κ3) is 2.49. The molecule has 122 valence electrons. The van der Waals surface area contributed by atoms with Crippen LogP contribution >= 0.6 is 11.3 Å². The van der Waals surface area contributed by atoms with Crippen molar-refractivity contribution in [1.82, 2.24) is 9.88 Å². The first-order valence-electron chi connectivity index (χ1n) is 7.66. The van der Waals surface area contributed by atoms with E-state index in [2.05, 4.69) is 4.98 Å². The Bertz CT molecular complexity index is 889. The van der Waals surface area contributed by atoms with Gasteiger partial charge in [-0.3, -0.25) is 4.79 Å². The number of rotatable bonds is 3. The molecule has 0 bridgehead atoms. The molecule has 0 aliphatic carbocycles. The molecule has 24 heavy (non-hydrogen) atoms. The number of para-hydroxylation sites is 1. The van der Waals surface area contributed by atoms with Crippen LogP contribution in [0, 0.1) is 0 Å². The van der Waals surface area contributed by atoms with E-state index in [-0.39, 0.29) is 18.7 Å². The van der Waals surface area contributed by atoms with E-state index >= 15 is 0 Å². The van der Waals surface area contributed by atoms with E-state index in [4.69, 9.17) is 9.47 Å². The predicted octanol–water partition coefficient (Wildman–Crippen LogP) is 3.86. The van der Waals surface area contributed by atoms with Crippen LogP contribution in [0.25, 0.3) is 10.2 Å². The van der Waals surface area contributed by atoms with Gasteiger partial charge in [0.15, 0.2) is 11.5 Å². The SMILES string of the molecule is C[C@@H](c1nc2ccccc2s1)N(C)C(=O)c1ccc2c(c1)OCO2. The predicted molar refractivity (Wildman–Crippen MR) is 92.7 cm³/mol. The molecular formula is C18H16N2O3S. The van der Waals surface area contributed by atoms with E-state index in [1.807, 2.05) is 31.2 Å². The summed E-state index contributed by atoms with van der Waals surface area (Å²) in [6, 6.07) is 13.1. The summed E-state index contributed by atoms with van der Waals surface area (Å²) >= 11 is 1.62. The normalized spacial score (nSPS) is 13.9. The van der Waals surface area contributed by atoms with Crippen molar-refractivity contribution in [3.63, 3.8) is 0 Å². The van der Waals surface area contributed by atoms with Crippen LogP contribution in [0.15, 0.2) is 42.5 Å². The molecule has 0 N–H and O–H groups in total. The highest BCUT2D eigenvalue weighted by molar-refractivity contribution is 7.18. The number of amides is 1. The fourth-order valence-electron chi connectivity index (χ4n) is 2.64. The number of hydrogen-bond donors (Lipinski definition) is 0. The molecule has 1 amide bonds. The Kier molecular flexibility index (Phi) is 3.61. The first-order chi connectivity index (χ1) is 11.6. The van der Waals surface area contributed by atoms with Crippen LogP contribution in [0.2, 0.25) is 0 Å². The van der Waals surface area contributed by atoms with Gasteiger partial charge in [0.2, 0.25) is 6.79 Å². The third-order valence-electron chi connectivity index (χ3n) is 4.19. The maximum atomic E-state index is 12.8. The summed E-state index contributed by atoms with van der Waals surface area (Å²) in [7, 11) is 1.80. The van der Waals surface area contributed by atoms with Crippen molar-refractivity contribution in [2.75, 3.05) is 13.8 Å². The Labute approximate surface area is 143 Å². The summed E-state index contributed by atoms with van der Waals surface area (Å²) < 4.78 is 11.8. The molecule has 1 atom stereocenters. The molecule has 0 fully saturated rings. The molecule has 0 radical (unpaired) electrons. The van der Waals surface area contributed by atoms with Gasteiger partial charge >= 0.3 is 0 Å². The van der Waals surface area contributed by atoms with Crippen LogP contribution in [0.4, 0.5) is 0 Å². The van der Waals surface area contributed by atoms with Crippen molar-refractivity contribution in [2.24, 2.45) is 0 Å². The lowest BCUT2D eigenvalue weighted by Gasteiger charge is -2.23. The Balaban J connectivity index is 1.59. The van der Waals surface area contributed by atoms with Gasteiger partial charge in [0.05, 0.1) is 16.3 Å². The van der Waals surface area contributed by atoms with Gasteiger partial charge in [-0.2, -0.15) is 0 Å². The minimum absolute atomic E-state index is 0.0694. The Morgan fingerprint density at radius 2 is 2.00 bits per heavy atom. The molecule has 1 aliphatic rings. The van der Waals surface area contributed by atoms with E-state index in [1.54, 1.807) is 41.5 Å². The highest BCUT2D eigenvalue weighted by atomic mass is 32.1. The number of ether oxygens (including phenoxy) is 2. The van der Waals surface area contributed by atoms with Gasteiger partial charge < -0.3 is 14.4 Å². The van der Waals surface area contributed by atoms with Crippen molar-refractivity contribution >= 4 is 27.5 Å². The molecular weight excluding hydrogens is 324 g/mol. The number of thiazole rings is 1. The number of carbonyl (C=O) groups is 1. The summed E-state index contributed by atoms with van der Waals surface area (Å²) in [4.78, 5) is 19.1. The first-order valence-corrected chi connectivity index (χ1v) is 8.47. The van der Waals surface area contributed by atoms with Crippen molar-refractivity contribution in [1.29, 1.82) is 0 Å². The van der Waals surface area contributed by atoms with Crippen LogP contribution in [-0.2, 0) is 0 Å². The molecule has 1 aromatic heterocycles. The van der Waals surface area contributed by atoms with E-state index in [1.165, 1.54) is 0 Å². The third-order valence-corrected chi connectivity index (χ3v) is 5.40. The Hall–Kier alpha value is -2.60. The van der Waals surface area contributed by atoms with Gasteiger partial charge in [0.1, 0.15) is 5.01 Å². The number of nitrogens with zero attached hydrogens (tertiary/aromatic N) is 2. The zero-order valence-corrected chi connectivity index (χ0v) is 14.2.